The van der Waals surface area contributed by atoms with Crippen molar-refractivity contribution in [3.63, 3.8) is 0 Å². The maximum Gasteiger partial charge on any atom is 0.409 e. The third-order valence-electron chi connectivity index (χ3n) is 4.98. The summed E-state index contributed by atoms with van der Waals surface area (Å²) in [7, 11) is 0. The molecule has 1 aromatic rings. The second-order valence-corrected chi connectivity index (χ2v) is 7.81. The summed E-state index contributed by atoms with van der Waals surface area (Å²) in [6.45, 7) is 6.45. The number of carbonyl (C=O) groups excluding carboxylic acids is 2. The van der Waals surface area contributed by atoms with Gasteiger partial charge in [0.1, 0.15) is 0 Å². The minimum atomic E-state index is -0.278. The van der Waals surface area contributed by atoms with Crippen LogP contribution >= 0.6 is 11.3 Å². The number of rotatable bonds is 3. The first kappa shape index (κ1) is 15.9. The van der Waals surface area contributed by atoms with Gasteiger partial charge in [-0.1, -0.05) is 0 Å². The number of piperazine rings is 1. The average molecular weight is 349 g/mol. The van der Waals surface area contributed by atoms with Crippen LogP contribution in [0.25, 0.3) is 0 Å². The molecule has 24 heavy (non-hydrogen) atoms. The van der Waals surface area contributed by atoms with Gasteiger partial charge in [-0.3, -0.25) is 9.69 Å². The number of hydrogen-bond donors (Lipinski definition) is 0. The fourth-order valence-corrected chi connectivity index (χ4v) is 4.63. The first-order valence-electron chi connectivity index (χ1n) is 8.72. The highest BCUT2D eigenvalue weighted by Crippen LogP contribution is 2.38. The van der Waals surface area contributed by atoms with E-state index in [0.717, 1.165) is 24.0 Å². The van der Waals surface area contributed by atoms with Gasteiger partial charge in [-0.2, -0.15) is 0 Å². The second-order valence-electron chi connectivity index (χ2n) is 6.67. The Labute approximate surface area is 146 Å². The Bertz CT molecular complexity index is 624. The lowest BCUT2D eigenvalue weighted by atomic mass is 10.2. The number of amides is 2. The fourth-order valence-electron chi connectivity index (χ4n) is 3.46. The quantitative estimate of drug-likeness (QED) is 0.839. The van der Waals surface area contributed by atoms with Crippen molar-refractivity contribution in [1.29, 1.82) is 0 Å². The van der Waals surface area contributed by atoms with E-state index in [1.165, 1.54) is 23.3 Å². The largest absolute Gasteiger partial charge is 0.450 e. The van der Waals surface area contributed by atoms with E-state index in [1.54, 1.807) is 23.2 Å². The summed E-state index contributed by atoms with van der Waals surface area (Å²) in [4.78, 5) is 32.7. The van der Waals surface area contributed by atoms with Crippen LogP contribution in [-0.2, 0) is 17.8 Å². The normalized spacial score (nSPS) is 21.0. The molecule has 0 bridgehead atoms. The Kier molecular flexibility index (Phi) is 4.22. The molecule has 3 aliphatic rings. The number of ether oxygens (including phenoxy) is 1. The summed E-state index contributed by atoms with van der Waals surface area (Å²) < 4.78 is 5.02. The van der Waals surface area contributed by atoms with E-state index in [-0.39, 0.29) is 12.0 Å². The van der Waals surface area contributed by atoms with Gasteiger partial charge >= 0.3 is 6.09 Å². The molecule has 7 heteroatoms. The summed E-state index contributed by atoms with van der Waals surface area (Å²) in [5.41, 5.74) is 1.33. The van der Waals surface area contributed by atoms with Crippen molar-refractivity contribution in [1.82, 2.24) is 14.7 Å². The molecule has 1 saturated heterocycles. The Morgan fingerprint density at radius 2 is 1.88 bits per heavy atom. The van der Waals surface area contributed by atoms with Crippen LogP contribution in [0.15, 0.2) is 6.07 Å². The molecule has 2 aliphatic heterocycles. The molecule has 1 aliphatic carbocycles. The van der Waals surface area contributed by atoms with Gasteiger partial charge < -0.3 is 14.5 Å². The molecule has 2 fully saturated rings. The van der Waals surface area contributed by atoms with Crippen molar-refractivity contribution < 1.29 is 14.3 Å². The van der Waals surface area contributed by atoms with Crippen LogP contribution < -0.4 is 0 Å². The maximum absolute atomic E-state index is 12.7. The van der Waals surface area contributed by atoms with Crippen LogP contribution in [0.1, 0.15) is 39.9 Å². The molecule has 0 aromatic carbocycles. The van der Waals surface area contributed by atoms with Gasteiger partial charge in [-0.25, -0.2) is 4.79 Å². The van der Waals surface area contributed by atoms with Gasteiger partial charge in [-0.05, 0) is 31.4 Å². The Balaban J connectivity index is 1.34. The zero-order valence-corrected chi connectivity index (χ0v) is 14.8. The van der Waals surface area contributed by atoms with Crippen molar-refractivity contribution in [2.24, 2.45) is 0 Å². The highest BCUT2D eigenvalue weighted by atomic mass is 32.1. The minimum Gasteiger partial charge on any atom is -0.450 e. The second kappa shape index (κ2) is 6.37. The summed E-state index contributed by atoms with van der Waals surface area (Å²) in [6, 6.07) is 2.86. The van der Waals surface area contributed by atoms with E-state index in [0.29, 0.717) is 32.8 Å². The Hall–Kier alpha value is -1.60. The van der Waals surface area contributed by atoms with E-state index < -0.39 is 0 Å². The third-order valence-corrected chi connectivity index (χ3v) is 6.13. The van der Waals surface area contributed by atoms with Crippen molar-refractivity contribution >= 4 is 23.3 Å². The molecular formula is C17H23N3O3S. The molecule has 1 saturated carbocycles. The van der Waals surface area contributed by atoms with Gasteiger partial charge in [0, 0.05) is 50.2 Å². The Morgan fingerprint density at radius 3 is 2.50 bits per heavy atom. The number of carbonyl (C=O) groups is 2. The molecule has 0 atom stereocenters. The van der Waals surface area contributed by atoms with E-state index >= 15 is 0 Å². The van der Waals surface area contributed by atoms with Crippen LogP contribution in [-0.4, -0.2) is 65.5 Å². The van der Waals surface area contributed by atoms with Crippen molar-refractivity contribution in [3.05, 3.63) is 21.4 Å². The summed E-state index contributed by atoms with van der Waals surface area (Å²) in [5, 5.41) is 0. The highest BCUT2D eigenvalue weighted by molar-refractivity contribution is 7.14. The van der Waals surface area contributed by atoms with Crippen LogP contribution in [0.3, 0.4) is 0 Å². The fraction of sp³-hybridized carbons (Fsp3) is 0.647. The summed E-state index contributed by atoms with van der Waals surface area (Å²) in [6.07, 6.45) is 2.37. The average Bonchev–Trinajstić information content (AvgIpc) is 3.25. The smallest absolute Gasteiger partial charge is 0.409 e. The summed E-state index contributed by atoms with van der Waals surface area (Å²) in [5.74, 6) is 0.107. The van der Waals surface area contributed by atoms with E-state index in [9.17, 15) is 9.59 Å². The van der Waals surface area contributed by atoms with Gasteiger partial charge in [0.25, 0.3) is 5.91 Å². The lowest BCUT2D eigenvalue weighted by Gasteiger charge is -2.33. The number of thiophene rings is 1. The molecule has 6 nitrogen and oxygen atoms in total. The molecule has 1 aromatic heterocycles. The van der Waals surface area contributed by atoms with Crippen LogP contribution in [0.4, 0.5) is 4.79 Å². The van der Waals surface area contributed by atoms with E-state index in [1.807, 2.05) is 4.90 Å². The third kappa shape index (κ3) is 3.02. The van der Waals surface area contributed by atoms with Crippen molar-refractivity contribution in [3.8, 4) is 0 Å². The topological polar surface area (TPSA) is 53.1 Å². The van der Waals surface area contributed by atoms with Crippen LogP contribution in [0.2, 0.25) is 0 Å². The summed E-state index contributed by atoms with van der Waals surface area (Å²) >= 11 is 1.65. The van der Waals surface area contributed by atoms with E-state index in [2.05, 4.69) is 11.0 Å². The van der Waals surface area contributed by atoms with Crippen LogP contribution in [0, 0.1) is 0 Å². The molecule has 2 amide bonds. The lowest BCUT2D eigenvalue weighted by molar-refractivity contribution is 0.0574. The zero-order chi connectivity index (χ0) is 16.7. The zero-order valence-electron chi connectivity index (χ0n) is 14.0. The molecule has 0 unspecified atom stereocenters. The Morgan fingerprint density at radius 1 is 1.17 bits per heavy atom. The van der Waals surface area contributed by atoms with Gasteiger partial charge in [0.15, 0.2) is 0 Å². The molecule has 4 rings (SSSR count). The molecule has 3 heterocycles. The standard InChI is InChI=1S/C17H23N3O3S/c1-2-23-17(22)19-7-5-18(6-8-19)16(21)14-9-12-10-20(13-3-4-13)11-15(12)24-14/h9,13H,2-8,10-11H2,1H3. The van der Waals surface area contributed by atoms with Gasteiger partial charge in [-0.15, -0.1) is 11.3 Å². The first-order valence-corrected chi connectivity index (χ1v) is 9.54. The maximum atomic E-state index is 12.7. The first-order chi connectivity index (χ1) is 11.7. The van der Waals surface area contributed by atoms with Crippen molar-refractivity contribution in [2.45, 2.75) is 38.9 Å². The highest BCUT2D eigenvalue weighted by Gasteiger charge is 2.35. The molecule has 0 N–H and O–H groups in total. The van der Waals surface area contributed by atoms with Crippen molar-refractivity contribution in [2.75, 3.05) is 32.8 Å². The number of hydrogen-bond acceptors (Lipinski definition) is 5. The predicted molar refractivity (Wildman–Crippen MR) is 91.1 cm³/mol. The van der Waals surface area contributed by atoms with E-state index in [4.69, 9.17) is 4.74 Å². The minimum absolute atomic E-state index is 0.107. The predicted octanol–water partition coefficient (Wildman–Crippen LogP) is 2.14. The van der Waals surface area contributed by atoms with Gasteiger partial charge in [0.2, 0.25) is 0 Å². The SMILES string of the molecule is CCOC(=O)N1CCN(C(=O)c2cc3c(s2)CN(C2CC2)C3)CC1. The monoisotopic (exact) mass is 349 g/mol. The molecule has 130 valence electrons. The van der Waals surface area contributed by atoms with Crippen LogP contribution in [0.5, 0.6) is 0 Å². The molecule has 0 spiro atoms. The lowest BCUT2D eigenvalue weighted by Crippen LogP contribution is -2.50. The van der Waals surface area contributed by atoms with Gasteiger partial charge in [0.05, 0.1) is 11.5 Å². The number of nitrogens with zero attached hydrogens (tertiary/aromatic N) is 3. The molecular weight excluding hydrogens is 326 g/mol. The number of fused-ring (bicyclic) bond motifs is 1. The molecule has 0 radical (unpaired) electrons.